The van der Waals surface area contributed by atoms with Gasteiger partial charge in [-0.2, -0.15) is 0 Å². The third-order valence-electron chi connectivity index (χ3n) is 5.64. The molecule has 3 nitrogen and oxygen atoms in total. The molecule has 0 bridgehead atoms. The van der Waals surface area contributed by atoms with E-state index < -0.39 is 0 Å². The van der Waals surface area contributed by atoms with Crippen molar-refractivity contribution in [3.63, 3.8) is 0 Å². The van der Waals surface area contributed by atoms with Gasteiger partial charge in [-0.15, -0.1) is 0 Å². The maximum Gasteiger partial charge on any atom is 0.0695 e. The molecule has 3 heteroatoms. The van der Waals surface area contributed by atoms with Crippen LogP contribution in [0.25, 0.3) is 0 Å². The van der Waals surface area contributed by atoms with Gasteiger partial charge in [-0.25, -0.2) is 0 Å². The summed E-state index contributed by atoms with van der Waals surface area (Å²) in [4.78, 5) is 5.19. The van der Waals surface area contributed by atoms with Gasteiger partial charge in [0.2, 0.25) is 0 Å². The molecule has 1 atom stereocenters. The Morgan fingerprint density at radius 1 is 0.842 bits per heavy atom. The lowest BCUT2D eigenvalue weighted by Crippen LogP contribution is -2.51. The van der Waals surface area contributed by atoms with Crippen LogP contribution >= 0.6 is 0 Å². The Morgan fingerprint density at radius 2 is 1.42 bits per heavy atom. The van der Waals surface area contributed by atoms with Crippen LogP contribution in [0.5, 0.6) is 0 Å². The summed E-state index contributed by atoms with van der Waals surface area (Å²) in [5.74, 6) is 0.591. The van der Waals surface area contributed by atoms with Gasteiger partial charge >= 0.3 is 0 Å². The van der Waals surface area contributed by atoms with E-state index in [1.165, 1.54) is 77.5 Å². The first-order valence-corrected chi connectivity index (χ1v) is 8.47. The van der Waals surface area contributed by atoms with E-state index >= 15 is 0 Å². The van der Waals surface area contributed by atoms with E-state index in [0.29, 0.717) is 5.92 Å². The molecule has 0 aromatic rings. The first kappa shape index (κ1) is 13.8. The van der Waals surface area contributed by atoms with E-state index in [2.05, 4.69) is 9.80 Å². The van der Waals surface area contributed by atoms with Gasteiger partial charge in [-0.05, 0) is 31.6 Å². The minimum Gasteiger partial charge on any atom is -0.392 e. The lowest BCUT2D eigenvalue weighted by atomic mass is 10.0. The summed E-state index contributed by atoms with van der Waals surface area (Å²) in [5, 5.41) is 10.3. The molecular formula is C16H30N2O. The standard InChI is InChI=1S/C16H30N2O/c19-16(14-5-1-2-6-14)13-17-9-11-18(12-10-17)15-7-3-4-8-15/h14-16,19H,1-13H2. The Balaban J connectivity index is 1.39. The van der Waals surface area contributed by atoms with Crippen molar-refractivity contribution in [2.45, 2.75) is 63.5 Å². The number of piperazine rings is 1. The van der Waals surface area contributed by atoms with E-state index in [1.807, 2.05) is 0 Å². The van der Waals surface area contributed by atoms with Crippen LogP contribution in [-0.4, -0.2) is 59.8 Å². The third kappa shape index (κ3) is 3.50. The van der Waals surface area contributed by atoms with Crippen LogP contribution in [0.2, 0.25) is 0 Å². The van der Waals surface area contributed by atoms with Gasteiger partial charge < -0.3 is 5.11 Å². The van der Waals surface area contributed by atoms with Crippen LogP contribution in [-0.2, 0) is 0 Å². The molecule has 110 valence electrons. The lowest BCUT2D eigenvalue weighted by molar-refractivity contribution is 0.0334. The molecule has 3 fully saturated rings. The molecule has 3 rings (SSSR count). The molecule has 0 amide bonds. The predicted molar refractivity (Wildman–Crippen MR) is 78.2 cm³/mol. The minimum atomic E-state index is -0.0690. The Kier molecular flexibility index (Phi) is 4.78. The van der Waals surface area contributed by atoms with Crippen molar-refractivity contribution in [3.05, 3.63) is 0 Å². The van der Waals surface area contributed by atoms with Crippen molar-refractivity contribution in [3.8, 4) is 0 Å². The van der Waals surface area contributed by atoms with Crippen LogP contribution < -0.4 is 0 Å². The Hall–Kier alpha value is -0.120. The average molecular weight is 266 g/mol. The quantitative estimate of drug-likeness (QED) is 0.844. The first-order valence-electron chi connectivity index (χ1n) is 8.47. The van der Waals surface area contributed by atoms with Crippen LogP contribution in [0.1, 0.15) is 51.4 Å². The van der Waals surface area contributed by atoms with E-state index in [4.69, 9.17) is 0 Å². The molecule has 1 N–H and O–H groups in total. The van der Waals surface area contributed by atoms with Gasteiger partial charge in [0.25, 0.3) is 0 Å². The van der Waals surface area contributed by atoms with Crippen molar-refractivity contribution >= 4 is 0 Å². The van der Waals surface area contributed by atoms with Gasteiger partial charge in [0, 0.05) is 38.8 Å². The van der Waals surface area contributed by atoms with Gasteiger partial charge in [-0.3, -0.25) is 9.80 Å². The summed E-state index contributed by atoms with van der Waals surface area (Å²) >= 11 is 0. The molecule has 1 aliphatic heterocycles. The fourth-order valence-corrected chi connectivity index (χ4v) is 4.34. The molecule has 1 saturated heterocycles. The molecule has 2 aliphatic carbocycles. The van der Waals surface area contributed by atoms with E-state index in [0.717, 1.165) is 12.6 Å². The van der Waals surface area contributed by atoms with Crippen LogP contribution in [0, 0.1) is 5.92 Å². The van der Waals surface area contributed by atoms with Gasteiger partial charge in [0.05, 0.1) is 6.10 Å². The van der Waals surface area contributed by atoms with Crippen LogP contribution in [0.4, 0.5) is 0 Å². The lowest BCUT2D eigenvalue weighted by Gasteiger charge is -2.39. The fraction of sp³-hybridized carbons (Fsp3) is 1.00. The second-order valence-electron chi connectivity index (χ2n) is 6.89. The van der Waals surface area contributed by atoms with Gasteiger partial charge in [0.1, 0.15) is 0 Å². The summed E-state index contributed by atoms with van der Waals surface area (Å²) in [6.07, 6.45) is 10.8. The summed E-state index contributed by atoms with van der Waals surface area (Å²) in [6, 6.07) is 0.877. The Bertz CT molecular complexity index is 264. The molecular weight excluding hydrogens is 236 g/mol. The topological polar surface area (TPSA) is 26.7 Å². The molecule has 3 aliphatic rings. The maximum absolute atomic E-state index is 10.3. The highest BCUT2D eigenvalue weighted by molar-refractivity contribution is 4.84. The number of hydrogen-bond acceptors (Lipinski definition) is 3. The van der Waals surface area contributed by atoms with Crippen molar-refractivity contribution in [1.82, 2.24) is 9.80 Å². The number of hydrogen-bond donors (Lipinski definition) is 1. The van der Waals surface area contributed by atoms with Crippen LogP contribution in [0.15, 0.2) is 0 Å². The highest BCUT2D eigenvalue weighted by Gasteiger charge is 2.29. The summed E-state index contributed by atoms with van der Waals surface area (Å²) in [7, 11) is 0. The maximum atomic E-state index is 10.3. The summed E-state index contributed by atoms with van der Waals surface area (Å²) < 4.78 is 0. The number of aliphatic hydroxyl groups excluding tert-OH is 1. The first-order chi connectivity index (χ1) is 9.33. The minimum absolute atomic E-state index is 0.0690. The number of rotatable bonds is 4. The van der Waals surface area contributed by atoms with Crippen molar-refractivity contribution in [1.29, 1.82) is 0 Å². The zero-order valence-electron chi connectivity index (χ0n) is 12.3. The molecule has 0 radical (unpaired) electrons. The largest absolute Gasteiger partial charge is 0.392 e. The van der Waals surface area contributed by atoms with Gasteiger partial charge in [0.15, 0.2) is 0 Å². The average Bonchev–Trinajstić information content (AvgIpc) is 3.13. The van der Waals surface area contributed by atoms with E-state index in [1.54, 1.807) is 0 Å². The summed E-state index contributed by atoms with van der Waals surface area (Å²) in [5.41, 5.74) is 0. The zero-order chi connectivity index (χ0) is 13.1. The predicted octanol–water partition coefficient (Wildman–Crippen LogP) is 2.10. The Labute approximate surface area is 118 Å². The Morgan fingerprint density at radius 3 is 2.05 bits per heavy atom. The highest BCUT2D eigenvalue weighted by Crippen LogP contribution is 2.28. The van der Waals surface area contributed by atoms with Gasteiger partial charge in [-0.1, -0.05) is 25.7 Å². The zero-order valence-corrected chi connectivity index (χ0v) is 12.3. The normalized spacial score (nSPS) is 30.2. The molecule has 19 heavy (non-hydrogen) atoms. The molecule has 2 saturated carbocycles. The molecule has 0 aromatic heterocycles. The smallest absolute Gasteiger partial charge is 0.0695 e. The fourth-order valence-electron chi connectivity index (χ4n) is 4.34. The van der Waals surface area contributed by atoms with Crippen LogP contribution in [0.3, 0.4) is 0 Å². The van der Waals surface area contributed by atoms with Crippen molar-refractivity contribution < 1.29 is 5.11 Å². The number of β-amino-alcohol motifs (C(OH)–C–C–N with tert-alkyl or cyclic N) is 1. The van der Waals surface area contributed by atoms with Crippen molar-refractivity contribution in [2.24, 2.45) is 5.92 Å². The monoisotopic (exact) mass is 266 g/mol. The number of nitrogens with zero attached hydrogens (tertiary/aromatic N) is 2. The number of aliphatic hydroxyl groups is 1. The molecule has 1 heterocycles. The van der Waals surface area contributed by atoms with E-state index in [-0.39, 0.29) is 6.10 Å². The molecule has 0 aromatic carbocycles. The second-order valence-corrected chi connectivity index (χ2v) is 6.89. The molecule has 1 unspecified atom stereocenters. The molecule has 0 spiro atoms. The third-order valence-corrected chi connectivity index (χ3v) is 5.64. The van der Waals surface area contributed by atoms with E-state index in [9.17, 15) is 5.11 Å². The van der Waals surface area contributed by atoms with Crippen molar-refractivity contribution in [2.75, 3.05) is 32.7 Å². The SMILES string of the molecule is OC(CN1CCN(C2CCCC2)CC1)C1CCCC1. The highest BCUT2D eigenvalue weighted by atomic mass is 16.3. The summed E-state index contributed by atoms with van der Waals surface area (Å²) in [6.45, 7) is 5.70. The second kappa shape index (κ2) is 6.55.